The molecule has 0 spiro atoms. The third-order valence-electron chi connectivity index (χ3n) is 4.31. The van der Waals surface area contributed by atoms with Gasteiger partial charge in [0, 0.05) is 24.5 Å². The Morgan fingerprint density at radius 3 is 2.86 bits per heavy atom. The Bertz CT molecular complexity index is 894. The van der Waals surface area contributed by atoms with Crippen LogP contribution in [0, 0.1) is 6.92 Å². The number of hydrogen-bond donors (Lipinski definition) is 1. The van der Waals surface area contributed by atoms with Crippen LogP contribution in [0.5, 0.6) is 0 Å². The summed E-state index contributed by atoms with van der Waals surface area (Å²) in [7, 11) is 0. The number of anilines is 1. The van der Waals surface area contributed by atoms with E-state index in [9.17, 15) is 9.59 Å². The maximum Gasteiger partial charge on any atom is 0.266 e. The van der Waals surface area contributed by atoms with Gasteiger partial charge in [-0.3, -0.25) is 14.5 Å². The summed E-state index contributed by atoms with van der Waals surface area (Å²) in [6.45, 7) is 2.61. The molecule has 0 saturated carbocycles. The maximum atomic E-state index is 12.7. The number of nitrogens with zero attached hydrogens (tertiary/aromatic N) is 2. The lowest BCUT2D eigenvalue weighted by Gasteiger charge is -2.14. The molecule has 0 aliphatic carbocycles. The van der Waals surface area contributed by atoms with E-state index in [4.69, 9.17) is 12.2 Å². The monoisotopic (exact) mass is 431 g/mol. The van der Waals surface area contributed by atoms with Crippen molar-refractivity contribution in [1.82, 2.24) is 9.88 Å². The predicted octanol–water partition coefficient (Wildman–Crippen LogP) is 4.85. The Morgan fingerprint density at radius 1 is 1.29 bits per heavy atom. The topological polar surface area (TPSA) is 62.3 Å². The van der Waals surface area contributed by atoms with Gasteiger partial charge in [-0.25, -0.2) is 4.98 Å². The summed E-state index contributed by atoms with van der Waals surface area (Å²) in [4.78, 5) is 30.9. The molecule has 1 fully saturated rings. The molecule has 2 aromatic rings. The number of amides is 2. The van der Waals surface area contributed by atoms with E-state index in [1.165, 1.54) is 23.1 Å². The maximum absolute atomic E-state index is 12.7. The summed E-state index contributed by atoms with van der Waals surface area (Å²) in [5.74, 6) is -0.0542. The normalized spacial score (nSPS) is 15.5. The lowest BCUT2D eigenvalue weighted by Crippen LogP contribution is -2.29. The van der Waals surface area contributed by atoms with Crippen molar-refractivity contribution in [2.75, 3.05) is 11.9 Å². The second-order valence-corrected chi connectivity index (χ2v) is 8.96. The number of thioether (sulfide) groups is 1. The standard InChI is InChI=1S/C20H21N3O2S3/c1-14-7-4-5-8-15(14)13-16-18(25)23(20(26)28-16)11-6-2-3-9-17(24)22-19-21-10-12-27-19/h4-5,7-8,10,12-13H,2-3,6,9,11H2,1H3,(H,21,22,24)/b16-13-. The van der Waals surface area contributed by atoms with Crippen LogP contribution in [0.1, 0.15) is 36.8 Å². The van der Waals surface area contributed by atoms with Crippen LogP contribution >= 0.6 is 35.3 Å². The summed E-state index contributed by atoms with van der Waals surface area (Å²) >= 11 is 8.14. The molecule has 3 rings (SSSR count). The number of carbonyl (C=O) groups is 2. The first-order valence-electron chi connectivity index (χ1n) is 9.05. The minimum atomic E-state index is -0.0280. The van der Waals surface area contributed by atoms with Crippen molar-refractivity contribution in [3.8, 4) is 0 Å². The molecule has 28 heavy (non-hydrogen) atoms. The minimum Gasteiger partial charge on any atom is -0.302 e. The first-order chi connectivity index (χ1) is 13.5. The molecule has 0 atom stereocenters. The zero-order valence-corrected chi connectivity index (χ0v) is 18.0. The van der Waals surface area contributed by atoms with Gasteiger partial charge in [0.2, 0.25) is 5.91 Å². The molecule has 1 saturated heterocycles. The molecule has 1 N–H and O–H groups in total. The van der Waals surface area contributed by atoms with Gasteiger partial charge in [-0.1, -0.05) is 54.7 Å². The Morgan fingerprint density at radius 2 is 2.11 bits per heavy atom. The number of aryl methyl sites for hydroxylation is 1. The average Bonchev–Trinajstić information content (AvgIpc) is 3.26. The fourth-order valence-corrected chi connectivity index (χ4v) is 4.63. The van der Waals surface area contributed by atoms with Crippen LogP contribution in [0.3, 0.4) is 0 Å². The van der Waals surface area contributed by atoms with Gasteiger partial charge in [0.05, 0.1) is 4.91 Å². The van der Waals surface area contributed by atoms with E-state index < -0.39 is 0 Å². The molecular formula is C20H21N3O2S3. The molecule has 5 nitrogen and oxygen atoms in total. The molecule has 0 bridgehead atoms. The molecular weight excluding hydrogens is 410 g/mol. The smallest absolute Gasteiger partial charge is 0.266 e. The molecule has 2 heterocycles. The van der Waals surface area contributed by atoms with Crippen molar-refractivity contribution in [2.45, 2.75) is 32.6 Å². The lowest BCUT2D eigenvalue weighted by molar-refractivity contribution is -0.122. The van der Waals surface area contributed by atoms with Gasteiger partial charge >= 0.3 is 0 Å². The summed E-state index contributed by atoms with van der Waals surface area (Å²) in [5.41, 5.74) is 2.16. The van der Waals surface area contributed by atoms with Gasteiger partial charge in [-0.2, -0.15) is 0 Å². The van der Waals surface area contributed by atoms with Crippen LogP contribution in [-0.2, 0) is 9.59 Å². The number of carbonyl (C=O) groups excluding carboxylic acids is 2. The Hall–Kier alpha value is -2.03. The average molecular weight is 432 g/mol. The Kier molecular flexibility index (Phi) is 7.36. The highest BCUT2D eigenvalue weighted by Gasteiger charge is 2.31. The van der Waals surface area contributed by atoms with Crippen molar-refractivity contribution in [3.63, 3.8) is 0 Å². The van der Waals surface area contributed by atoms with Crippen molar-refractivity contribution < 1.29 is 9.59 Å². The van der Waals surface area contributed by atoms with E-state index in [0.29, 0.717) is 27.3 Å². The third kappa shape index (κ3) is 5.50. The van der Waals surface area contributed by atoms with Gasteiger partial charge < -0.3 is 5.32 Å². The summed E-state index contributed by atoms with van der Waals surface area (Å²) in [6.07, 6.45) is 6.47. The summed E-state index contributed by atoms with van der Waals surface area (Å²) in [5, 5.41) is 5.23. The lowest BCUT2D eigenvalue weighted by atomic mass is 10.1. The Balaban J connectivity index is 1.43. The van der Waals surface area contributed by atoms with Gasteiger partial charge in [-0.15, -0.1) is 11.3 Å². The highest BCUT2D eigenvalue weighted by Crippen LogP contribution is 2.33. The number of aromatic nitrogens is 1. The minimum absolute atomic E-state index is 0.0262. The van der Waals surface area contributed by atoms with Gasteiger partial charge in [-0.05, 0) is 37.0 Å². The second kappa shape index (κ2) is 9.95. The van der Waals surface area contributed by atoms with E-state index in [1.807, 2.05) is 42.6 Å². The van der Waals surface area contributed by atoms with Gasteiger partial charge in [0.25, 0.3) is 5.91 Å². The quantitative estimate of drug-likeness (QED) is 0.368. The van der Waals surface area contributed by atoms with Crippen molar-refractivity contribution in [1.29, 1.82) is 0 Å². The highest BCUT2D eigenvalue weighted by molar-refractivity contribution is 8.26. The molecule has 1 aromatic heterocycles. The van der Waals surface area contributed by atoms with Gasteiger partial charge in [0.1, 0.15) is 4.32 Å². The van der Waals surface area contributed by atoms with Crippen LogP contribution in [0.25, 0.3) is 6.08 Å². The van der Waals surface area contributed by atoms with Gasteiger partial charge in [0.15, 0.2) is 5.13 Å². The number of thiazole rings is 1. The molecule has 2 amide bonds. The van der Waals surface area contributed by atoms with E-state index in [0.717, 1.165) is 30.4 Å². The van der Waals surface area contributed by atoms with Crippen molar-refractivity contribution >= 4 is 62.7 Å². The molecule has 1 aliphatic heterocycles. The first-order valence-corrected chi connectivity index (χ1v) is 11.2. The SMILES string of the molecule is Cc1ccccc1/C=C1\SC(=S)N(CCCCCC(=O)Nc2nccs2)C1=O. The van der Waals surface area contributed by atoms with E-state index in [1.54, 1.807) is 11.1 Å². The van der Waals surface area contributed by atoms with Crippen LogP contribution < -0.4 is 5.32 Å². The number of unbranched alkanes of at least 4 members (excludes halogenated alkanes) is 2. The molecule has 0 radical (unpaired) electrons. The zero-order valence-electron chi connectivity index (χ0n) is 15.5. The zero-order chi connectivity index (χ0) is 19.9. The largest absolute Gasteiger partial charge is 0.302 e. The number of rotatable bonds is 8. The van der Waals surface area contributed by atoms with Crippen molar-refractivity contribution in [2.24, 2.45) is 0 Å². The predicted molar refractivity (Wildman–Crippen MR) is 120 cm³/mol. The highest BCUT2D eigenvalue weighted by atomic mass is 32.2. The molecule has 0 unspecified atom stereocenters. The summed E-state index contributed by atoms with van der Waals surface area (Å²) < 4.78 is 0.603. The number of thiocarbonyl (C=S) groups is 1. The Labute approximate surface area is 178 Å². The summed E-state index contributed by atoms with van der Waals surface area (Å²) in [6, 6.07) is 7.97. The molecule has 8 heteroatoms. The fourth-order valence-electron chi connectivity index (χ4n) is 2.78. The van der Waals surface area contributed by atoms with Crippen LogP contribution in [0.2, 0.25) is 0 Å². The van der Waals surface area contributed by atoms with Crippen LogP contribution in [-0.4, -0.2) is 32.6 Å². The van der Waals surface area contributed by atoms with E-state index >= 15 is 0 Å². The molecule has 1 aliphatic rings. The van der Waals surface area contributed by atoms with E-state index in [2.05, 4.69) is 10.3 Å². The van der Waals surface area contributed by atoms with Crippen LogP contribution in [0.15, 0.2) is 40.7 Å². The van der Waals surface area contributed by atoms with Crippen LogP contribution in [0.4, 0.5) is 5.13 Å². The third-order valence-corrected chi connectivity index (χ3v) is 6.38. The molecule has 146 valence electrons. The number of hydrogen-bond acceptors (Lipinski definition) is 6. The van der Waals surface area contributed by atoms with Crippen molar-refractivity contribution in [3.05, 3.63) is 51.9 Å². The molecule has 1 aromatic carbocycles. The second-order valence-electron chi connectivity index (χ2n) is 6.39. The first kappa shape index (κ1) is 20.7. The fraction of sp³-hybridized carbons (Fsp3) is 0.300. The number of benzene rings is 1. The number of nitrogens with one attached hydrogen (secondary N) is 1. The van der Waals surface area contributed by atoms with E-state index in [-0.39, 0.29) is 11.8 Å².